The molecule has 0 saturated heterocycles. The van der Waals surface area contributed by atoms with Crippen LogP contribution in [0.1, 0.15) is 32.8 Å². The lowest BCUT2D eigenvalue weighted by Gasteiger charge is -2.21. The van der Waals surface area contributed by atoms with Crippen molar-refractivity contribution in [1.82, 2.24) is 5.32 Å². The molecule has 18 heavy (non-hydrogen) atoms. The van der Waals surface area contributed by atoms with E-state index in [2.05, 4.69) is 55.3 Å². The van der Waals surface area contributed by atoms with Crippen LogP contribution in [0.5, 0.6) is 0 Å². The van der Waals surface area contributed by atoms with Gasteiger partial charge in [0.05, 0.1) is 6.54 Å². The monoisotopic (exact) mass is 262 g/mol. The zero-order valence-corrected chi connectivity index (χ0v) is 12.3. The van der Waals surface area contributed by atoms with Crippen LogP contribution in [0.25, 0.3) is 0 Å². The van der Waals surface area contributed by atoms with Crippen molar-refractivity contribution in [2.75, 3.05) is 6.54 Å². The maximum atomic E-state index is 4.58. The Hall–Kier alpha value is -0.960. The van der Waals surface area contributed by atoms with Crippen LogP contribution in [0.15, 0.2) is 35.3 Å². The molecule has 0 aliphatic carbocycles. The van der Waals surface area contributed by atoms with Crippen molar-refractivity contribution in [3.05, 3.63) is 35.9 Å². The molecule has 2 rings (SSSR count). The Balaban J connectivity index is 1.76. The number of hydrogen-bond acceptors (Lipinski definition) is 3. The van der Waals surface area contributed by atoms with E-state index in [-0.39, 0.29) is 0 Å². The summed E-state index contributed by atoms with van der Waals surface area (Å²) in [4.78, 5) is 4.58. The molecule has 0 spiro atoms. The molecule has 0 saturated carbocycles. The van der Waals surface area contributed by atoms with E-state index in [0.717, 1.165) is 18.3 Å². The third kappa shape index (κ3) is 4.37. The highest BCUT2D eigenvalue weighted by Crippen LogP contribution is 2.31. The van der Waals surface area contributed by atoms with Crippen LogP contribution in [0.3, 0.4) is 0 Å². The van der Waals surface area contributed by atoms with Crippen molar-refractivity contribution < 1.29 is 0 Å². The molecule has 2 nitrogen and oxygen atoms in total. The van der Waals surface area contributed by atoms with E-state index in [1.54, 1.807) is 0 Å². The Bertz CT molecular complexity index is 406. The van der Waals surface area contributed by atoms with Gasteiger partial charge in [-0.1, -0.05) is 62.9 Å². The standard InChI is InChI=1S/C15H22N2S/c1-15(2,3)9-13-11-17-14(18-13)16-10-12-7-5-4-6-8-12/h4-8,13H,9-11H2,1-3H3,(H,16,17). The molecule has 1 atom stereocenters. The Morgan fingerprint density at radius 3 is 2.67 bits per heavy atom. The highest BCUT2D eigenvalue weighted by atomic mass is 32.2. The Morgan fingerprint density at radius 1 is 1.28 bits per heavy atom. The largest absolute Gasteiger partial charge is 0.361 e. The van der Waals surface area contributed by atoms with Gasteiger partial charge in [-0.15, -0.1) is 0 Å². The number of amidine groups is 1. The summed E-state index contributed by atoms with van der Waals surface area (Å²) in [6, 6.07) is 10.5. The molecular formula is C15H22N2S. The van der Waals surface area contributed by atoms with Gasteiger partial charge in [0.1, 0.15) is 0 Å². The van der Waals surface area contributed by atoms with Gasteiger partial charge in [0, 0.05) is 11.8 Å². The molecule has 1 unspecified atom stereocenters. The highest BCUT2D eigenvalue weighted by Gasteiger charge is 2.24. The van der Waals surface area contributed by atoms with Crippen molar-refractivity contribution in [2.45, 2.75) is 39.0 Å². The van der Waals surface area contributed by atoms with E-state index in [1.807, 2.05) is 17.8 Å². The minimum absolute atomic E-state index is 0.391. The minimum Gasteiger partial charge on any atom is -0.361 e. The summed E-state index contributed by atoms with van der Waals surface area (Å²) in [5, 5.41) is 5.17. The van der Waals surface area contributed by atoms with E-state index in [0.29, 0.717) is 10.7 Å². The number of rotatable bonds is 3. The molecule has 98 valence electrons. The first kappa shape index (κ1) is 13.5. The summed E-state index contributed by atoms with van der Waals surface area (Å²) >= 11 is 1.90. The average Bonchev–Trinajstić information content (AvgIpc) is 2.73. The fraction of sp³-hybridized carbons (Fsp3) is 0.533. The highest BCUT2D eigenvalue weighted by molar-refractivity contribution is 8.14. The molecule has 3 heteroatoms. The number of nitrogens with zero attached hydrogens (tertiary/aromatic N) is 1. The van der Waals surface area contributed by atoms with Gasteiger partial charge < -0.3 is 5.32 Å². The zero-order chi connectivity index (χ0) is 13.0. The molecular weight excluding hydrogens is 240 g/mol. The van der Waals surface area contributed by atoms with Crippen LogP contribution in [0.2, 0.25) is 0 Å². The predicted molar refractivity (Wildman–Crippen MR) is 81.0 cm³/mol. The molecule has 0 bridgehead atoms. The summed E-state index contributed by atoms with van der Waals surface area (Å²) in [7, 11) is 0. The van der Waals surface area contributed by atoms with Crippen LogP contribution in [-0.2, 0) is 6.54 Å². The number of benzene rings is 1. The van der Waals surface area contributed by atoms with Gasteiger partial charge in [-0.3, -0.25) is 4.99 Å². The first-order valence-electron chi connectivity index (χ1n) is 6.52. The van der Waals surface area contributed by atoms with Crippen molar-refractivity contribution in [3.8, 4) is 0 Å². The molecule has 0 aromatic heterocycles. The van der Waals surface area contributed by atoms with Gasteiger partial charge in [-0.2, -0.15) is 0 Å². The molecule has 0 amide bonds. The fourth-order valence-electron chi connectivity index (χ4n) is 2.08. The van der Waals surface area contributed by atoms with Gasteiger partial charge in [-0.25, -0.2) is 0 Å². The number of hydrogen-bond donors (Lipinski definition) is 1. The Morgan fingerprint density at radius 2 is 2.00 bits per heavy atom. The van der Waals surface area contributed by atoms with Gasteiger partial charge in [0.15, 0.2) is 5.17 Å². The number of aliphatic imine (C=N–C) groups is 1. The molecule has 1 heterocycles. The van der Waals surface area contributed by atoms with Crippen LogP contribution in [0.4, 0.5) is 0 Å². The SMILES string of the molecule is CC(C)(C)CC1CN=C(NCc2ccccc2)S1. The van der Waals surface area contributed by atoms with Gasteiger partial charge in [0.25, 0.3) is 0 Å². The van der Waals surface area contributed by atoms with Crippen molar-refractivity contribution >= 4 is 16.9 Å². The molecule has 1 aliphatic heterocycles. The zero-order valence-electron chi connectivity index (χ0n) is 11.4. The van der Waals surface area contributed by atoms with E-state index in [9.17, 15) is 0 Å². The summed E-state index contributed by atoms with van der Waals surface area (Å²) in [5.74, 6) is 0. The fourth-order valence-corrected chi connectivity index (χ4v) is 3.43. The molecule has 1 aromatic carbocycles. The van der Waals surface area contributed by atoms with Crippen LogP contribution >= 0.6 is 11.8 Å². The van der Waals surface area contributed by atoms with Crippen LogP contribution in [0, 0.1) is 5.41 Å². The number of nitrogens with one attached hydrogen (secondary N) is 1. The van der Waals surface area contributed by atoms with E-state index in [1.165, 1.54) is 12.0 Å². The van der Waals surface area contributed by atoms with E-state index < -0.39 is 0 Å². The van der Waals surface area contributed by atoms with Crippen LogP contribution in [-0.4, -0.2) is 17.0 Å². The quantitative estimate of drug-likeness (QED) is 0.898. The molecule has 0 radical (unpaired) electrons. The van der Waals surface area contributed by atoms with Crippen molar-refractivity contribution in [1.29, 1.82) is 0 Å². The minimum atomic E-state index is 0.391. The van der Waals surface area contributed by atoms with E-state index in [4.69, 9.17) is 0 Å². The second-order valence-corrected chi connectivity index (χ2v) is 7.28. The summed E-state index contributed by atoms with van der Waals surface area (Å²) < 4.78 is 0. The average molecular weight is 262 g/mol. The molecule has 1 aromatic rings. The maximum Gasteiger partial charge on any atom is 0.157 e. The van der Waals surface area contributed by atoms with Crippen LogP contribution < -0.4 is 5.32 Å². The smallest absolute Gasteiger partial charge is 0.157 e. The van der Waals surface area contributed by atoms with Gasteiger partial charge in [-0.05, 0) is 17.4 Å². The van der Waals surface area contributed by atoms with E-state index >= 15 is 0 Å². The summed E-state index contributed by atoms with van der Waals surface area (Å²) in [5.41, 5.74) is 1.70. The second kappa shape index (κ2) is 5.79. The first-order valence-corrected chi connectivity index (χ1v) is 7.40. The van der Waals surface area contributed by atoms with Crippen molar-refractivity contribution in [2.24, 2.45) is 10.4 Å². The maximum absolute atomic E-state index is 4.58. The first-order chi connectivity index (χ1) is 8.53. The third-order valence-corrected chi connectivity index (χ3v) is 3.99. The molecule has 0 fully saturated rings. The molecule has 1 aliphatic rings. The van der Waals surface area contributed by atoms with Gasteiger partial charge in [0.2, 0.25) is 0 Å². The third-order valence-electron chi connectivity index (χ3n) is 2.84. The van der Waals surface area contributed by atoms with Crippen molar-refractivity contribution in [3.63, 3.8) is 0 Å². The Kier molecular flexibility index (Phi) is 4.33. The second-order valence-electron chi connectivity index (χ2n) is 5.99. The summed E-state index contributed by atoms with van der Waals surface area (Å²) in [6.45, 7) is 8.71. The normalized spacial score (nSPS) is 19.7. The topological polar surface area (TPSA) is 24.4 Å². The lowest BCUT2D eigenvalue weighted by atomic mass is 9.90. The van der Waals surface area contributed by atoms with Gasteiger partial charge >= 0.3 is 0 Å². The summed E-state index contributed by atoms with van der Waals surface area (Å²) in [6.07, 6.45) is 1.22. The number of thioether (sulfide) groups is 1. The predicted octanol–water partition coefficient (Wildman–Crippen LogP) is 3.68. The lowest BCUT2D eigenvalue weighted by molar-refractivity contribution is 0.375. The molecule has 1 N–H and O–H groups in total. The lowest BCUT2D eigenvalue weighted by Crippen LogP contribution is -2.20. The Labute approximate surface area is 114 Å².